The first kappa shape index (κ1) is 12.3. The summed E-state index contributed by atoms with van der Waals surface area (Å²) in [6, 6.07) is 18.4. The molecule has 0 radical (unpaired) electrons. The predicted molar refractivity (Wildman–Crippen MR) is 66.9 cm³/mol. The van der Waals surface area contributed by atoms with Gasteiger partial charge in [0.05, 0.1) is 11.0 Å². The first-order valence-electron chi connectivity index (χ1n) is 5.04. The molecule has 0 atom stereocenters. The van der Waals surface area contributed by atoms with Crippen molar-refractivity contribution in [2.24, 2.45) is 0 Å². The van der Waals surface area contributed by atoms with Crippen molar-refractivity contribution in [3.63, 3.8) is 0 Å². The van der Waals surface area contributed by atoms with Crippen molar-refractivity contribution >= 4 is 20.5 Å². The third-order valence-electron chi connectivity index (χ3n) is 2.49. The summed E-state index contributed by atoms with van der Waals surface area (Å²) in [6.07, 6.45) is 1.86. The molecule has 0 saturated carbocycles. The van der Waals surface area contributed by atoms with Gasteiger partial charge in [-0.25, -0.2) is 4.98 Å². The van der Waals surface area contributed by atoms with Crippen molar-refractivity contribution < 1.29 is 18.8 Å². The summed E-state index contributed by atoms with van der Waals surface area (Å²) in [6.45, 7) is 0. The maximum absolute atomic E-state index is 4.61. The Morgan fingerprint density at radius 3 is 2.29 bits per heavy atom. The molecule has 3 rings (SSSR count). The molecule has 0 spiro atoms. The van der Waals surface area contributed by atoms with Gasteiger partial charge in [-0.3, -0.25) is 4.57 Å². The number of hydrogen-bond acceptors (Lipinski definition) is 1. The Hall–Kier alpha value is -1.11. The number of nitrogens with zero attached hydrogens (tertiary/aromatic N) is 2. The van der Waals surface area contributed by atoms with E-state index in [9.17, 15) is 0 Å². The summed E-state index contributed by atoms with van der Waals surface area (Å²) in [5, 5.41) is 0. The van der Waals surface area contributed by atoms with Crippen molar-refractivity contribution in [1.82, 2.24) is 9.55 Å². The topological polar surface area (TPSA) is 17.8 Å². The Kier molecular flexibility index (Phi) is 4.35. The quantitative estimate of drug-likeness (QED) is 0.582. The minimum Gasteiger partial charge on any atom is -0.299 e. The minimum atomic E-state index is 1.03. The number of aromatic nitrogens is 2. The van der Waals surface area contributed by atoms with Gasteiger partial charge >= 0.3 is 28.2 Å². The smallest absolute Gasteiger partial charge is 0.100 e. The van der Waals surface area contributed by atoms with Crippen molar-refractivity contribution in [3.8, 4) is 5.69 Å². The van der Waals surface area contributed by atoms with Crippen LogP contribution in [0.25, 0.3) is 16.7 Å². The van der Waals surface area contributed by atoms with E-state index in [1.54, 1.807) is 18.8 Å². The fraction of sp³-hybridized carbons (Fsp3) is 0. The monoisotopic (exact) mass is 424 g/mol. The molecule has 0 bridgehead atoms. The minimum absolute atomic E-state index is 1.03. The van der Waals surface area contributed by atoms with Crippen LogP contribution in [-0.2, 0) is 18.8 Å². The number of fused-ring (bicyclic) bond motifs is 1. The van der Waals surface area contributed by atoms with Gasteiger partial charge in [-0.15, -0.1) is 0 Å². The van der Waals surface area contributed by atoms with Crippen LogP contribution in [0.1, 0.15) is 0 Å². The number of imidazole rings is 1. The van der Waals surface area contributed by atoms with E-state index < -0.39 is 0 Å². The number of halogens is 1. The summed E-state index contributed by atoms with van der Waals surface area (Å²) in [4.78, 5) is 4.36. The first-order valence-corrected chi connectivity index (χ1v) is 7.86. The number of rotatable bonds is 1. The van der Waals surface area contributed by atoms with Crippen LogP contribution in [0.3, 0.4) is 0 Å². The van der Waals surface area contributed by atoms with Gasteiger partial charge in [-0.2, -0.15) is 0 Å². The molecule has 17 heavy (non-hydrogen) atoms. The molecule has 0 amide bonds. The Morgan fingerprint density at radius 2 is 1.53 bits per heavy atom. The molecule has 1 aromatic heterocycles. The Bertz CT molecular complexity index is 592. The Balaban J connectivity index is 0.000000514. The van der Waals surface area contributed by atoms with Crippen LogP contribution in [0.4, 0.5) is 0 Å². The first-order chi connectivity index (χ1) is 8.45. The Morgan fingerprint density at radius 1 is 0.882 bits per heavy atom. The molecule has 3 aromatic rings. The molecule has 2 nitrogen and oxygen atoms in total. The average Bonchev–Trinajstić information content (AvgIpc) is 2.86. The zero-order valence-electron chi connectivity index (χ0n) is 8.86. The van der Waals surface area contributed by atoms with Crippen LogP contribution in [-0.4, -0.2) is 9.55 Å². The van der Waals surface area contributed by atoms with E-state index in [2.05, 4.69) is 37.2 Å². The molecule has 89 valence electrons. The van der Waals surface area contributed by atoms with Crippen molar-refractivity contribution in [1.29, 1.82) is 0 Å². The average molecular weight is 425 g/mol. The second-order valence-electron chi connectivity index (χ2n) is 3.44. The van der Waals surface area contributed by atoms with E-state index in [0.717, 1.165) is 16.7 Å². The largest absolute Gasteiger partial charge is 0.299 e. The zero-order valence-corrected chi connectivity index (χ0v) is 11.9. The molecule has 0 fully saturated rings. The number of benzene rings is 2. The Labute approximate surface area is 115 Å². The van der Waals surface area contributed by atoms with Gasteiger partial charge in [0.1, 0.15) is 6.33 Å². The summed E-state index contributed by atoms with van der Waals surface area (Å²) < 4.78 is 2.09. The van der Waals surface area contributed by atoms with E-state index in [4.69, 9.17) is 0 Å². The summed E-state index contributed by atoms with van der Waals surface area (Å²) in [5.74, 6) is 0. The molecule has 0 aliphatic carbocycles. The van der Waals surface area contributed by atoms with Gasteiger partial charge in [0, 0.05) is 5.69 Å². The zero-order chi connectivity index (χ0) is 12.1. The molecule has 0 aliphatic rings. The van der Waals surface area contributed by atoms with Crippen molar-refractivity contribution in [2.45, 2.75) is 0 Å². The molecular weight excluding hydrogens is 415 g/mol. The van der Waals surface area contributed by atoms with E-state index in [1.165, 1.54) is 0 Å². The van der Waals surface area contributed by atoms with Gasteiger partial charge in [0.25, 0.3) is 0 Å². The SMILES string of the molecule is [Cl][Pt].c1ccc(-n2cnc3ccccc32)cc1. The van der Waals surface area contributed by atoms with E-state index in [0.29, 0.717) is 0 Å². The third-order valence-corrected chi connectivity index (χ3v) is 2.49. The van der Waals surface area contributed by atoms with Crippen LogP contribution < -0.4 is 0 Å². The van der Waals surface area contributed by atoms with E-state index in [1.807, 2.05) is 42.7 Å². The molecule has 1 heterocycles. The predicted octanol–water partition coefficient (Wildman–Crippen LogP) is 3.71. The normalized spacial score (nSPS) is 9.82. The van der Waals surface area contributed by atoms with Crippen molar-refractivity contribution in [3.05, 3.63) is 60.9 Å². The maximum atomic E-state index is 4.61. The van der Waals surface area contributed by atoms with Gasteiger partial charge < -0.3 is 0 Å². The fourth-order valence-electron chi connectivity index (χ4n) is 1.75. The summed E-state index contributed by atoms with van der Waals surface area (Å²) in [5.41, 5.74) is 3.32. The molecule has 0 unspecified atom stereocenters. The van der Waals surface area contributed by atoms with Crippen LogP contribution in [0.15, 0.2) is 60.9 Å². The van der Waals surface area contributed by atoms with E-state index >= 15 is 0 Å². The van der Waals surface area contributed by atoms with Crippen LogP contribution in [0, 0.1) is 0 Å². The molecule has 4 heteroatoms. The van der Waals surface area contributed by atoms with Gasteiger partial charge in [-0.1, -0.05) is 30.3 Å². The maximum Gasteiger partial charge on any atom is 0.100 e. The molecule has 0 aliphatic heterocycles. The number of hydrogen-bond donors (Lipinski definition) is 0. The van der Waals surface area contributed by atoms with Gasteiger partial charge in [-0.05, 0) is 24.3 Å². The molecule has 0 saturated heterocycles. The fourth-order valence-corrected chi connectivity index (χ4v) is 1.75. The third kappa shape index (κ3) is 2.59. The summed E-state index contributed by atoms with van der Waals surface area (Å²) >= 11 is 1.61. The second-order valence-corrected chi connectivity index (χ2v) is 3.44. The molecular formula is C13H10ClN2Pt. The van der Waals surface area contributed by atoms with Crippen molar-refractivity contribution in [2.75, 3.05) is 0 Å². The standard InChI is InChI=1S/C13H10N2.ClH.Pt/c1-2-6-11(7-3-1)15-10-14-12-8-4-5-9-13(12)15;;/h1-10H;1H;/q;;+1/p-1. The second kappa shape index (κ2) is 5.99. The summed E-state index contributed by atoms with van der Waals surface area (Å²) in [7, 11) is 4.61. The molecule has 2 aromatic carbocycles. The van der Waals surface area contributed by atoms with Gasteiger partial charge in [0.2, 0.25) is 0 Å². The van der Waals surface area contributed by atoms with Crippen LogP contribution in [0.5, 0.6) is 0 Å². The van der Waals surface area contributed by atoms with E-state index in [-0.39, 0.29) is 0 Å². The van der Waals surface area contributed by atoms with Crippen LogP contribution in [0.2, 0.25) is 0 Å². The molecule has 0 N–H and O–H groups in total. The van der Waals surface area contributed by atoms with Crippen LogP contribution >= 0.6 is 9.42 Å². The number of para-hydroxylation sites is 3. The van der Waals surface area contributed by atoms with Gasteiger partial charge in [0.15, 0.2) is 0 Å².